The average Bonchev–Trinajstić information content (AvgIpc) is 2.50. The summed E-state index contributed by atoms with van der Waals surface area (Å²) in [5.41, 5.74) is 1.02. The van der Waals surface area contributed by atoms with E-state index in [2.05, 4.69) is 10.6 Å². The molecule has 2 aromatic rings. The maximum absolute atomic E-state index is 11.8. The van der Waals surface area contributed by atoms with Crippen LogP contribution in [0.3, 0.4) is 0 Å². The van der Waals surface area contributed by atoms with E-state index < -0.39 is 9.84 Å². The molecule has 0 bridgehead atoms. The number of sulfone groups is 1. The maximum atomic E-state index is 11.8. The highest BCUT2D eigenvalue weighted by Gasteiger charge is 2.10. The van der Waals surface area contributed by atoms with Crippen LogP contribution in [0.25, 0.3) is 10.8 Å². The standard InChI is InChI=1S/C17H22N2O3S/c1-13(9-10-23(2,21)22)19-17(20)18-12-14-7-8-15-5-3-4-6-16(15)11-14/h3-8,11,13H,9-10,12H2,1-2H3,(H2,18,19,20)/t13-/m1/s1. The number of nitrogens with one attached hydrogen (secondary N) is 2. The molecule has 2 aromatic carbocycles. The molecule has 0 heterocycles. The lowest BCUT2D eigenvalue weighted by Gasteiger charge is -2.14. The first-order valence-electron chi connectivity index (χ1n) is 7.53. The van der Waals surface area contributed by atoms with Crippen molar-refractivity contribution in [2.45, 2.75) is 25.9 Å². The normalized spacial score (nSPS) is 12.8. The predicted octanol–water partition coefficient (Wildman–Crippen LogP) is 2.46. The van der Waals surface area contributed by atoms with Crippen molar-refractivity contribution in [3.8, 4) is 0 Å². The van der Waals surface area contributed by atoms with E-state index in [1.165, 1.54) is 6.26 Å². The fourth-order valence-electron chi connectivity index (χ4n) is 2.27. The van der Waals surface area contributed by atoms with Crippen LogP contribution in [0.1, 0.15) is 18.9 Å². The Morgan fingerprint density at radius 2 is 1.83 bits per heavy atom. The van der Waals surface area contributed by atoms with Crippen molar-refractivity contribution < 1.29 is 13.2 Å². The first-order chi connectivity index (χ1) is 10.8. The number of benzene rings is 2. The first-order valence-corrected chi connectivity index (χ1v) is 9.59. The summed E-state index contributed by atoms with van der Waals surface area (Å²) in [7, 11) is -3.00. The van der Waals surface area contributed by atoms with Crippen molar-refractivity contribution in [3.05, 3.63) is 48.0 Å². The van der Waals surface area contributed by atoms with Crippen LogP contribution in [-0.2, 0) is 16.4 Å². The van der Waals surface area contributed by atoms with Crippen LogP contribution in [0.5, 0.6) is 0 Å². The van der Waals surface area contributed by atoms with Crippen LogP contribution in [0.4, 0.5) is 4.79 Å². The number of carbonyl (C=O) groups excluding carboxylic acids is 1. The number of urea groups is 1. The number of hydrogen-bond donors (Lipinski definition) is 2. The zero-order chi connectivity index (χ0) is 16.9. The van der Waals surface area contributed by atoms with Gasteiger partial charge in [-0.25, -0.2) is 13.2 Å². The summed E-state index contributed by atoms with van der Waals surface area (Å²) in [6, 6.07) is 13.6. The van der Waals surface area contributed by atoms with E-state index in [9.17, 15) is 13.2 Å². The molecular formula is C17H22N2O3S. The van der Waals surface area contributed by atoms with Gasteiger partial charge in [0.25, 0.3) is 0 Å². The van der Waals surface area contributed by atoms with E-state index >= 15 is 0 Å². The second-order valence-electron chi connectivity index (χ2n) is 5.83. The van der Waals surface area contributed by atoms with E-state index in [1.54, 1.807) is 6.92 Å². The van der Waals surface area contributed by atoms with Crippen LogP contribution in [0.15, 0.2) is 42.5 Å². The average molecular weight is 334 g/mol. The predicted molar refractivity (Wildman–Crippen MR) is 93.1 cm³/mol. The number of rotatable bonds is 6. The molecule has 0 radical (unpaired) electrons. The zero-order valence-electron chi connectivity index (χ0n) is 13.4. The molecule has 0 aliphatic heterocycles. The molecule has 0 spiro atoms. The monoisotopic (exact) mass is 334 g/mol. The van der Waals surface area contributed by atoms with Gasteiger partial charge in [0.1, 0.15) is 9.84 Å². The van der Waals surface area contributed by atoms with Gasteiger partial charge in [-0.05, 0) is 35.7 Å². The van der Waals surface area contributed by atoms with Crippen molar-refractivity contribution in [2.24, 2.45) is 0 Å². The molecule has 0 aliphatic rings. The van der Waals surface area contributed by atoms with Crippen LogP contribution in [-0.4, -0.2) is 32.5 Å². The Hall–Kier alpha value is -2.08. The molecule has 0 unspecified atom stereocenters. The summed E-state index contributed by atoms with van der Waals surface area (Å²) in [4.78, 5) is 11.8. The molecule has 0 aromatic heterocycles. The van der Waals surface area contributed by atoms with Crippen LogP contribution < -0.4 is 10.6 Å². The second kappa shape index (κ2) is 7.46. The van der Waals surface area contributed by atoms with Crippen molar-refractivity contribution in [1.29, 1.82) is 0 Å². The Labute approximate surface area is 137 Å². The minimum Gasteiger partial charge on any atom is -0.336 e. The molecule has 2 amide bonds. The molecule has 0 saturated carbocycles. The lowest BCUT2D eigenvalue weighted by Crippen LogP contribution is -2.41. The highest BCUT2D eigenvalue weighted by Crippen LogP contribution is 2.15. The summed E-state index contributed by atoms with van der Waals surface area (Å²) in [6.45, 7) is 2.22. The smallest absolute Gasteiger partial charge is 0.315 e. The topological polar surface area (TPSA) is 75.3 Å². The number of carbonyl (C=O) groups is 1. The Bertz CT molecular complexity index is 787. The highest BCUT2D eigenvalue weighted by atomic mass is 32.2. The maximum Gasteiger partial charge on any atom is 0.315 e. The molecule has 124 valence electrons. The molecule has 0 aliphatic carbocycles. The molecule has 5 nitrogen and oxygen atoms in total. The lowest BCUT2D eigenvalue weighted by atomic mass is 10.1. The molecular weight excluding hydrogens is 312 g/mol. The van der Waals surface area contributed by atoms with Gasteiger partial charge in [0.15, 0.2) is 0 Å². The van der Waals surface area contributed by atoms with E-state index in [4.69, 9.17) is 0 Å². The molecule has 0 saturated heterocycles. The van der Waals surface area contributed by atoms with Crippen molar-refractivity contribution in [1.82, 2.24) is 10.6 Å². The molecule has 2 N–H and O–H groups in total. The number of fused-ring (bicyclic) bond motifs is 1. The summed E-state index contributed by atoms with van der Waals surface area (Å²) >= 11 is 0. The molecule has 1 atom stereocenters. The van der Waals surface area contributed by atoms with Gasteiger partial charge in [-0.2, -0.15) is 0 Å². The fourth-order valence-corrected chi connectivity index (χ4v) is 3.05. The van der Waals surface area contributed by atoms with Gasteiger partial charge in [-0.15, -0.1) is 0 Å². The Balaban J connectivity index is 1.83. The van der Waals surface area contributed by atoms with Gasteiger partial charge in [0.2, 0.25) is 0 Å². The van der Waals surface area contributed by atoms with Crippen LogP contribution in [0, 0.1) is 0 Å². The first kappa shape index (κ1) is 17.3. The third-order valence-electron chi connectivity index (χ3n) is 3.57. The van der Waals surface area contributed by atoms with Crippen molar-refractivity contribution >= 4 is 26.6 Å². The lowest BCUT2D eigenvalue weighted by molar-refractivity contribution is 0.237. The summed E-state index contributed by atoms with van der Waals surface area (Å²) in [5.74, 6) is 0.0686. The zero-order valence-corrected chi connectivity index (χ0v) is 14.2. The Kier molecular flexibility index (Phi) is 5.60. The number of hydrogen-bond acceptors (Lipinski definition) is 3. The molecule has 6 heteroatoms. The van der Waals surface area contributed by atoms with Gasteiger partial charge in [0, 0.05) is 18.8 Å². The van der Waals surface area contributed by atoms with Crippen LogP contribution >= 0.6 is 0 Å². The van der Waals surface area contributed by atoms with E-state index in [1.807, 2.05) is 42.5 Å². The Morgan fingerprint density at radius 3 is 2.52 bits per heavy atom. The molecule has 23 heavy (non-hydrogen) atoms. The van der Waals surface area contributed by atoms with Gasteiger partial charge < -0.3 is 10.6 Å². The third kappa shape index (κ3) is 5.90. The van der Waals surface area contributed by atoms with Gasteiger partial charge in [0.05, 0.1) is 5.75 Å². The minimum atomic E-state index is -3.00. The SMILES string of the molecule is C[C@H](CCS(C)(=O)=O)NC(=O)NCc1ccc2ccccc2c1. The highest BCUT2D eigenvalue weighted by molar-refractivity contribution is 7.90. The van der Waals surface area contributed by atoms with Crippen LogP contribution in [0.2, 0.25) is 0 Å². The minimum absolute atomic E-state index is 0.0686. The van der Waals surface area contributed by atoms with E-state index in [0.29, 0.717) is 13.0 Å². The quantitative estimate of drug-likeness (QED) is 0.852. The molecule has 0 fully saturated rings. The third-order valence-corrected chi connectivity index (χ3v) is 4.54. The van der Waals surface area contributed by atoms with Gasteiger partial charge in [-0.3, -0.25) is 0 Å². The summed E-state index contributed by atoms with van der Waals surface area (Å²) in [5, 5.41) is 7.83. The largest absolute Gasteiger partial charge is 0.336 e. The second-order valence-corrected chi connectivity index (χ2v) is 8.09. The molecule has 2 rings (SSSR count). The number of amides is 2. The Morgan fingerprint density at radius 1 is 1.13 bits per heavy atom. The fraction of sp³-hybridized carbons (Fsp3) is 0.353. The summed E-state index contributed by atoms with van der Waals surface area (Å²) < 4.78 is 22.2. The van der Waals surface area contributed by atoms with Crippen molar-refractivity contribution in [3.63, 3.8) is 0 Å². The van der Waals surface area contributed by atoms with Gasteiger partial charge in [-0.1, -0.05) is 36.4 Å². The van der Waals surface area contributed by atoms with E-state index in [0.717, 1.165) is 16.3 Å². The van der Waals surface area contributed by atoms with Crippen molar-refractivity contribution in [2.75, 3.05) is 12.0 Å². The van der Waals surface area contributed by atoms with Gasteiger partial charge >= 0.3 is 6.03 Å². The summed E-state index contributed by atoms with van der Waals surface area (Å²) in [6.07, 6.45) is 1.60. The van der Waals surface area contributed by atoms with E-state index in [-0.39, 0.29) is 17.8 Å².